The first-order chi connectivity index (χ1) is 10.3. The van der Waals surface area contributed by atoms with Gasteiger partial charge in [0.15, 0.2) is 0 Å². The molecule has 4 heteroatoms. The molecule has 3 nitrogen and oxygen atoms in total. The van der Waals surface area contributed by atoms with E-state index >= 15 is 0 Å². The molecule has 0 saturated heterocycles. The van der Waals surface area contributed by atoms with Gasteiger partial charge in [0, 0.05) is 29.3 Å². The van der Waals surface area contributed by atoms with Gasteiger partial charge in [-0.3, -0.25) is 4.99 Å². The fourth-order valence-corrected chi connectivity index (χ4v) is 3.31. The maximum Gasteiger partial charge on any atom is 0.129 e. The van der Waals surface area contributed by atoms with Crippen molar-refractivity contribution in [1.82, 2.24) is 5.32 Å². The highest BCUT2D eigenvalue weighted by atomic mass is 32.2. The van der Waals surface area contributed by atoms with E-state index in [1.54, 1.807) is 17.8 Å². The molecule has 3 rings (SSSR count). The second kappa shape index (κ2) is 6.68. The van der Waals surface area contributed by atoms with Gasteiger partial charge in [-0.05, 0) is 30.2 Å². The topological polar surface area (TPSA) is 44.6 Å². The number of nitrogens with zero attached hydrogens (tertiary/aromatic N) is 1. The van der Waals surface area contributed by atoms with Crippen molar-refractivity contribution in [3.63, 3.8) is 0 Å². The highest BCUT2D eigenvalue weighted by Gasteiger charge is 2.11. The molecule has 0 amide bonds. The van der Waals surface area contributed by atoms with Crippen LogP contribution < -0.4 is 5.32 Å². The molecular formula is C17H18N2OS. The second-order valence-electron chi connectivity index (χ2n) is 4.97. The zero-order chi connectivity index (χ0) is 14.5. The minimum Gasteiger partial charge on any atom is -0.508 e. The highest BCUT2D eigenvalue weighted by molar-refractivity contribution is 7.98. The first kappa shape index (κ1) is 14.0. The average molecular weight is 298 g/mol. The predicted octanol–water partition coefficient (Wildman–Crippen LogP) is 3.42. The molecule has 0 bridgehead atoms. The van der Waals surface area contributed by atoms with Gasteiger partial charge in [0.25, 0.3) is 0 Å². The number of thioether (sulfide) groups is 1. The third-order valence-corrected chi connectivity index (χ3v) is 4.49. The largest absolute Gasteiger partial charge is 0.508 e. The van der Waals surface area contributed by atoms with Crippen molar-refractivity contribution in [2.24, 2.45) is 4.99 Å². The summed E-state index contributed by atoms with van der Waals surface area (Å²) in [6.07, 6.45) is 1.10. The summed E-state index contributed by atoms with van der Waals surface area (Å²) in [4.78, 5) is 5.80. The predicted molar refractivity (Wildman–Crippen MR) is 88.1 cm³/mol. The third kappa shape index (κ3) is 3.58. The molecule has 1 heterocycles. The fraction of sp³-hybridized carbons (Fsp3) is 0.235. The van der Waals surface area contributed by atoms with E-state index in [0.29, 0.717) is 5.75 Å². The van der Waals surface area contributed by atoms with Gasteiger partial charge in [-0.25, -0.2) is 0 Å². The van der Waals surface area contributed by atoms with Crippen LogP contribution in [0.1, 0.15) is 17.5 Å². The Kier molecular flexibility index (Phi) is 4.46. The smallest absolute Gasteiger partial charge is 0.129 e. The van der Waals surface area contributed by atoms with Crippen LogP contribution in [0.5, 0.6) is 5.75 Å². The van der Waals surface area contributed by atoms with Crippen LogP contribution in [0.2, 0.25) is 0 Å². The lowest BCUT2D eigenvalue weighted by atomic mass is 10.2. The van der Waals surface area contributed by atoms with Crippen molar-refractivity contribution >= 4 is 17.6 Å². The van der Waals surface area contributed by atoms with E-state index in [2.05, 4.69) is 28.5 Å². The third-order valence-electron chi connectivity index (χ3n) is 3.34. The Labute approximate surface area is 129 Å². The lowest BCUT2D eigenvalue weighted by molar-refractivity contribution is 0.475. The first-order valence-electron chi connectivity index (χ1n) is 7.11. The minimum absolute atomic E-state index is 0.319. The van der Waals surface area contributed by atoms with E-state index in [0.717, 1.165) is 36.7 Å². The standard InChI is InChI=1S/C17H18N2OS/c20-14-6-3-5-13(11-14)12-21-16-8-2-1-7-15(16)17-18-9-4-10-19-17/h1-3,5-8,11,20H,4,9-10,12H2,(H,18,19). The van der Waals surface area contributed by atoms with Gasteiger partial charge in [-0.15, -0.1) is 11.8 Å². The van der Waals surface area contributed by atoms with Crippen LogP contribution in [0, 0.1) is 0 Å². The Morgan fingerprint density at radius 2 is 2.05 bits per heavy atom. The zero-order valence-corrected chi connectivity index (χ0v) is 12.6. The molecule has 0 aliphatic carbocycles. The maximum atomic E-state index is 9.53. The number of aliphatic imine (C=N–C) groups is 1. The minimum atomic E-state index is 0.319. The Balaban J connectivity index is 1.78. The molecule has 0 unspecified atom stereocenters. The molecule has 0 radical (unpaired) electrons. The number of amidine groups is 1. The van der Waals surface area contributed by atoms with Gasteiger partial charge in [0.05, 0.1) is 0 Å². The van der Waals surface area contributed by atoms with Crippen molar-refractivity contribution in [3.8, 4) is 5.75 Å². The molecule has 0 fully saturated rings. The quantitative estimate of drug-likeness (QED) is 0.850. The second-order valence-corrected chi connectivity index (χ2v) is 5.98. The van der Waals surface area contributed by atoms with E-state index in [9.17, 15) is 5.11 Å². The van der Waals surface area contributed by atoms with Crippen molar-refractivity contribution in [2.75, 3.05) is 13.1 Å². The van der Waals surface area contributed by atoms with Crippen LogP contribution >= 0.6 is 11.8 Å². The molecule has 1 aliphatic rings. The van der Waals surface area contributed by atoms with Gasteiger partial charge in [0.1, 0.15) is 11.6 Å². The number of benzene rings is 2. The number of nitrogens with one attached hydrogen (secondary N) is 1. The van der Waals surface area contributed by atoms with Crippen molar-refractivity contribution in [2.45, 2.75) is 17.1 Å². The molecule has 0 spiro atoms. The van der Waals surface area contributed by atoms with Crippen LogP contribution in [0.15, 0.2) is 58.4 Å². The van der Waals surface area contributed by atoms with E-state index in [4.69, 9.17) is 0 Å². The summed E-state index contributed by atoms with van der Waals surface area (Å²) < 4.78 is 0. The molecule has 108 valence electrons. The number of phenolic OH excluding ortho intramolecular Hbond substituents is 1. The number of hydrogen-bond acceptors (Lipinski definition) is 4. The monoisotopic (exact) mass is 298 g/mol. The Morgan fingerprint density at radius 3 is 2.86 bits per heavy atom. The van der Waals surface area contributed by atoms with Crippen molar-refractivity contribution in [1.29, 1.82) is 0 Å². The summed E-state index contributed by atoms with van der Waals surface area (Å²) in [5.74, 6) is 2.15. The Morgan fingerprint density at radius 1 is 1.14 bits per heavy atom. The lowest BCUT2D eigenvalue weighted by Gasteiger charge is -2.17. The molecule has 2 aromatic rings. The van der Waals surface area contributed by atoms with Gasteiger partial charge < -0.3 is 10.4 Å². The SMILES string of the molecule is Oc1cccc(CSc2ccccc2C2=NCCCN2)c1. The number of aromatic hydroxyl groups is 1. The van der Waals surface area contributed by atoms with E-state index < -0.39 is 0 Å². The number of hydrogen-bond donors (Lipinski definition) is 2. The van der Waals surface area contributed by atoms with Crippen LogP contribution in [0.3, 0.4) is 0 Å². The van der Waals surface area contributed by atoms with Crippen LogP contribution in [-0.2, 0) is 5.75 Å². The summed E-state index contributed by atoms with van der Waals surface area (Å²) in [5, 5.41) is 12.9. The van der Waals surface area contributed by atoms with E-state index in [1.165, 1.54) is 10.5 Å². The summed E-state index contributed by atoms with van der Waals surface area (Å²) in [7, 11) is 0. The van der Waals surface area contributed by atoms with Gasteiger partial charge in [-0.2, -0.15) is 0 Å². The molecular weight excluding hydrogens is 280 g/mol. The van der Waals surface area contributed by atoms with Gasteiger partial charge >= 0.3 is 0 Å². The molecule has 0 aromatic heterocycles. The van der Waals surface area contributed by atoms with E-state index in [-0.39, 0.29) is 0 Å². The highest BCUT2D eigenvalue weighted by Crippen LogP contribution is 2.27. The molecule has 2 aromatic carbocycles. The maximum absolute atomic E-state index is 9.53. The summed E-state index contributed by atoms with van der Waals surface area (Å²) in [6.45, 7) is 1.89. The van der Waals surface area contributed by atoms with Crippen LogP contribution in [-0.4, -0.2) is 24.0 Å². The molecule has 21 heavy (non-hydrogen) atoms. The van der Waals surface area contributed by atoms with Crippen LogP contribution in [0.4, 0.5) is 0 Å². The zero-order valence-electron chi connectivity index (χ0n) is 11.7. The lowest BCUT2D eigenvalue weighted by Crippen LogP contribution is -2.30. The number of rotatable bonds is 4. The summed E-state index contributed by atoms with van der Waals surface area (Å²) >= 11 is 1.77. The van der Waals surface area contributed by atoms with E-state index in [1.807, 2.05) is 24.3 Å². The molecule has 1 aliphatic heterocycles. The Hall–Kier alpha value is -1.94. The number of phenols is 1. The molecule has 2 N–H and O–H groups in total. The molecule has 0 atom stereocenters. The van der Waals surface area contributed by atoms with Crippen molar-refractivity contribution in [3.05, 3.63) is 59.7 Å². The average Bonchev–Trinajstić information content (AvgIpc) is 2.54. The molecule has 0 saturated carbocycles. The van der Waals surface area contributed by atoms with Gasteiger partial charge in [0.2, 0.25) is 0 Å². The normalized spacial score (nSPS) is 14.4. The first-order valence-corrected chi connectivity index (χ1v) is 8.10. The summed E-state index contributed by atoms with van der Waals surface area (Å²) in [6, 6.07) is 15.8. The summed E-state index contributed by atoms with van der Waals surface area (Å²) in [5.41, 5.74) is 2.29. The fourth-order valence-electron chi connectivity index (χ4n) is 2.31. The van der Waals surface area contributed by atoms with Crippen molar-refractivity contribution < 1.29 is 5.11 Å². The van der Waals surface area contributed by atoms with Gasteiger partial charge in [-0.1, -0.05) is 30.3 Å². The van der Waals surface area contributed by atoms with Crippen LogP contribution in [0.25, 0.3) is 0 Å². The Bertz CT molecular complexity index is 655.